The second-order valence-corrected chi connectivity index (χ2v) is 10.5. The Kier molecular flexibility index (Phi) is 6.88. The highest BCUT2D eigenvalue weighted by atomic mass is 16.5. The third-order valence-corrected chi connectivity index (χ3v) is 7.25. The molecule has 34 heavy (non-hydrogen) atoms. The molecule has 3 fully saturated rings. The van der Waals surface area contributed by atoms with Gasteiger partial charge in [0, 0.05) is 45.3 Å². The van der Waals surface area contributed by atoms with E-state index in [0.717, 1.165) is 17.6 Å². The molecule has 2 aliphatic heterocycles. The number of ether oxygens (including phenoxy) is 1. The van der Waals surface area contributed by atoms with Crippen molar-refractivity contribution in [2.75, 3.05) is 45.9 Å². The van der Waals surface area contributed by atoms with Crippen LogP contribution in [-0.4, -0.2) is 83.1 Å². The molecule has 2 amide bonds. The summed E-state index contributed by atoms with van der Waals surface area (Å²) in [6.45, 7) is 9.65. The highest BCUT2D eigenvalue weighted by molar-refractivity contribution is 5.95. The molecule has 8 nitrogen and oxygen atoms in total. The third-order valence-electron chi connectivity index (χ3n) is 7.25. The third kappa shape index (κ3) is 4.98. The fourth-order valence-electron chi connectivity index (χ4n) is 5.29. The van der Waals surface area contributed by atoms with Gasteiger partial charge in [-0.3, -0.25) is 9.59 Å². The maximum atomic E-state index is 14.1. The van der Waals surface area contributed by atoms with Crippen LogP contribution in [0.15, 0.2) is 24.3 Å². The Balaban J connectivity index is 1.40. The zero-order valence-electron chi connectivity index (χ0n) is 20.4. The predicted molar refractivity (Wildman–Crippen MR) is 130 cm³/mol. The Hall–Kier alpha value is -2.45. The Morgan fingerprint density at radius 2 is 1.94 bits per heavy atom. The van der Waals surface area contributed by atoms with Gasteiger partial charge in [0.05, 0.1) is 30.2 Å². The summed E-state index contributed by atoms with van der Waals surface area (Å²) in [6.07, 6.45) is 3.12. The molecule has 1 aromatic heterocycles. The van der Waals surface area contributed by atoms with Gasteiger partial charge in [-0.25, -0.2) is 4.98 Å². The lowest BCUT2D eigenvalue weighted by molar-refractivity contribution is -0.140. The van der Waals surface area contributed by atoms with Crippen molar-refractivity contribution in [3.8, 4) is 0 Å². The molecule has 1 N–H and O–H groups in total. The molecule has 2 aromatic rings. The lowest BCUT2D eigenvalue weighted by Gasteiger charge is -2.40. The minimum atomic E-state index is -0.121. The van der Waals surface area contributed by atoms with E-state index in [1.807, 2.05) is 28.0 Å². The molecule has 0 bridgehead atoms. The fraction of sp³-hybridized carbons (Fsp3) is 0.654. The van der Waals surface area contributed by atoms with Crippen molar-refractivity contribution in [2.24, 2.45) is 17.8 Å². The van der Waals surface area contributed by atoms with Gasteiger partial charge in [-0.1, -0.05) is 26.0 Å². The smallest absolute Gasteiger partial charge is 0.290 e. The lowest BCUT2D eigenvalue weighted by atomic mass is 9.92. The minimum Gasteiger partial charge on any atom is -0.378 e. The number of amides is 2. The van der Waals surface area contributed by atoms with E-state index < -0.39 is 0 Å². The van der Waals surface area contributed by atoms with E-state index in [9.17, 15) is 9.59 Å². The van der Waals surface area contributed by atoms with Gasteiger partial charge in [-0.15, -0.1) is 0 Å². The normalized spacial score (nSPS) is 23.4. The zero-order chi connectivity index (χ0) is 23.7. The number of nitrogens with zero attached hydrogens (tertiary/aromatic N) is 4. The Morgan fingerprint density at radius 1 is 1.18 bits per heavy atom. The van der Waals surface area contributed by atoms with Crippen molar-refractivity contribution in [1.82, 2.24) is 24.7 Å². The standard InChI is InChI=1S/C26H37N5O3/c1-18(2)16-30(21-13-20(14-27-15-21)25(32)29-9-11-34-12-10-29)26(33)24-28-22-5-3-4-6-23(22)31(24)17-19-7-8-19/h3-6,18-21,27H,7-17H2,1-2H3/t20-,21+/m1/s1. The molecule has 3 heterocycles. The van der Waals surface area contributed by atoms with E-state index in [-0.39, 0.29) is 23.8 Å². The molecule has 0 radical (unpaired) electrons. The van der Waals surface area contributed by atoms with Gasteiger partial charge in [0.1, 0.15) is 0 Å². The van der Waals surface area contributed by atoms with Gasteiger partial charge in [-0.05, 0) is 43.2 Å². The summed E-state index contributed by atoms with van der Waals surface area (Å²) >= 11 is 0. The van der Waals surface area contributed by atoms with Crippen LogP contribution < -0.4 is 5.32 Å². The van der Waals surface area contributed by atoms with E-state index in [4.69, 9.17) is 9.72 Å². The van der Waals surface area contributed by atoms with Gasteiger partial charge >= 0.3 is 0 Å². The van der Waals surface area contributed by atoms with Gasteiger partial charge in [0.25, 0.3) is 5.91 Å². The average Bonchev–Trinajstić information content (AvgIpc) is 3.61. The van der Waals surface area contributed by atoms with E-state index in [1.54, 1.807) is 0 Å². The number of hydrogen-bond donors (Lipinski definition) is 1. The van der Waals surface area contributed by atoms with Crippen LogP contribution in [0.5, 0.6) is 0 Å². The second kappa shape index (κ2) is 10.0. The second-order valence-electron chi connectivity index (χ2n) is 10.5. The highest BCUT2D eigenvalue weighted by Gasteiger charge is 2.37. The van der Waals surface area contributed by atoms with Crippen molar-refractivity contribution in [2.45, 2.75) is 45.7 Å². The number of rotatable bonds is 7. The number of piperidine rings is 1. The maximum Gasteiger partial charge on any atom is 0.290 e. The fourth-order valence-corrected chi connectivity index (χ4v) is 5.29. The van der Waals surface area contributed by atoms with Crippen LogP contribution in [0.3, 0.4) is 0 Å². The number of fused-ring (bicyclic) bond motifs is 1. The van der Waals surface area contributed by atoms with Crippen LogP contribution in [0.2, 0.25) is 0 Å². The van der Waals surface area contributed by atoms with Crippen molar-refractivity contribution >= 4 is 22.8 Å². The molecule has 8 heteroatoms. The first kappa shape index (κ1) is 23.3. The van der Waals surface area contributed by atoms with Crippen LogP contribution in [-0.2, 0) is 16.1 Å². The van der Waals surface area contributed by atoms with Crippen LogP contribution >= 0.6 is 0 Å². The molecule has 5 rings (SSSR count). The summed E-state index contributed by atoms with van der Waals surface area (Å²) in [6, 6.07) is 8.01. The van der Waals surface area contributed by atoms with E-state index >= 15 is 0 Å². The summed E-state index contributed by atoms with van der Waals surface area (Å²) in [7, 11) is 0. The quantitative estimate of drug-likeness (QED) is 0.676. The summed E-state index contributed by atoms with van der Waals surface area (Å²) < 4.78 is 7.55. The SMILES string of the molecule is CC(C)CN(C(=O)c1nc2ccccc2n1CC1CC1)[C@@H]1CNC[C@H](C(=O)N2CCOCC2)C1. The van der Waals surface area contributed by atoms with Gasteiger partial charge in [0.15, 0.2) is 5.82 Å². The number of hydrogen-bond acceptors (Lipinski definition) is 5. The van der Waals surface area contributed by atoms with E-state index in [1.165, 1.54) is 12.8 Å². The van der Waals surface area contributed by atoms with Crippen LogP contribution in [0, 0.1) is 17.8 Å². The monoisotopic (exact) mass is 467 g/mol. The molecule has 2 saturated heterocycles. The average molecular weight is 468 g/mol. The number of benzene rings is 1. The molecule has 184 valence electrons. The maximum absolute atomic E-state index is 14.1. The molecular weight excluding hydrogens is 430 g/mol. The topological polar surface area (TPSA) is 79.7 Å². The van der Waals surface area contributed by atoms with E-state index in [2.05, 4.69) is 29.8 Å². The number of aromatic nitrogens is 2. The van der Waals surface area contributed by atoms with Gasteiger partial charge in [-0.2, -0.15) is 0 Å². The molecule has 2 atom stereocenters. The van der Waals surface area contributed by atoms with Crippen molar-refractivity contribution in [3.63, 3.8) is 0 Å². The molecule has 0 unspecified atom stereocenters. The van der Waals surface area contributed by atoms with Crippen molar-refractivity contribution in [3.05, 3.63) is 30.1 Å². The first-order valence-electron chi connectivity index (χ1n) is 12.8. The predicted octanol–water partition coefficient (Wildman–Crippen LogP) is 2.38. The number of carbonyl (C=O) groups excluding carboxylic acids is 2. The number of imidazole rings is 1. The highest BCUT2D eigenvalue weighted by Crippen LogP contribution is 2.33. The number of morpholine rings is 1. The Bertz CT molecular complexity index is 1020. The van der Waals surface area contributed by atoms with Crippen molar-refractivity contribution in [1.29, 1.82) is 0 Å². The number of nitrogens with one attached hydrogen (secondary N) is 1. The van der Waals surface area contributed by atoms with Gasteiger partial charge in [0.2, 0.25) is 5.91 Å². The summed E-state index contributed by atoms with van der Waals surface area (Å²) in [4.78, 5) is 36.0. The van der Waals surface area contributed by atoms with Gasteiger partial charge < -0.3 is 24.4 Å². The molecule has 3 aliphatic rings. The summed E-state index contributed by atoms with van der Waals surface area (Å²) in [5.74, 6) is 1.53. The first-order valence-corrected chi connectivity index (χ1v) is 12.8. The van der Waals surface area contributed by atoms with Crippen LogP contribution in [0.25, 0.3) is 11.0 Å². The Morgan fingerprint density at radius 3 is 2.68 bits per heavy atom. The lowest BCUT2D eigenvalue weighted by Crippen LogP contribution is -2.56. The number of carbonyl (C=O) groups is 2. The van der Waals surface area contributed by atoms with Crippen LogP contribution in [0.4, 0.5) is 0 Å². The molecule has 1 saturated carbocycles. The molecule has 1 aromatic carbocycles. The summed E-state index contributed by atoms with van der Waals surface area (Å²) in [5, 5.41) is 3.45. The van der Waals surface area contributed by atoms with E-state index in [0.29, 0.717) is 70.0 Å². The Labute approximate surface area is 201 Å². The first-order chi connectivity index (χ1) is 16.5. The largest absolute Gasteiger partial charge is 0.378 e. The molecule has 1 aliphatic carbocycles. The number of para-hydroxylation sites is 2. The zero-order valence-corrected chi connectivity index (χ0v) is 20.4. The molecule has 0 spiro atoms. The minimum absolute atomic E-state index is 0.0168. The summed E-state index contributed by atoms with van der Waals surface area (Å²) in [5.41, 5.74) is 1.91. The van der Waals surface area contributed by atoms with Crippen LogP contribution in [0.1, 0.15) is 43.7 Å². The van der Waals surface area contributed by atoms with Crippen molar-refractivity contribution < 1.29 is 14.3 Å². The molecular formula is C26H37N5O3.